The summed E-state index contributed by atoms with van der Waals surface area (Å²) in [5, 5.41) is 0. The largest absolute Gasteiger partial charge is 0.493 e. The van der Waals surface area contributed by atoms with Crippen LogP contribution in [-0.2, 0) is 4.79 Å². The first-order valence-electron chi connectivity index (χ1n) is 7.70. The molecule has 1 aromatic carbocycles. The van der Waals surface area contributed by atoms with Gasteiger partial charge in [0.2, 0.25) is 0 Å². The van der Waals surface area contributed by atoms with Gasteiger partial charge in [0.15, 0.2) is 17.3 Å². The number of rotatable bonds is 9. The fourth-order valence-corrected chi connectivity index (χ4v) is 2.21. The van der Waals surface area contributed by atoms with Crippen molar-refractivity contribution in [2.24, 2.45) is 5.92 Å². The number of carbonyl (C=O) groups excluding carboxylic acids is 3. The predicted octanol–water partition coefficient (Wildman–Crippen LogP) is 4.03. The lowest BCUT2D eigenvalue weighted by molar-refractivity contribution is -0.115. The summed E-state index contributed by atoms with van der Waals surface area (Å²) in [5.41, 5.74) is 1.26. The minimum atomic E-state index is -0.198. The van der Waals surface area contributed by atoms with E-state index in [-0.39, 0.29) is 23.3 Å². The zero-order valence-corrected chi connectivity index (χ0v) is 14.3. The Morgan fingerprint density at radius 2 is 1.78 bits per heavy atom. The molecule has 0 spiro atoms. The minimum absolute atomic E-state index is 0.0554. The van der Waals surface area contributed by atoms with Gasteiger partial charge >= 0.3 is 0 Å². The topological polar surface area (TPSA) is 60.4 Å². The van der Waals surface area contributed by atoms with E-state index < -0.39 is 0 Å². The van der Waals surface area contributed by atoms with Crippen molar-refractivity contribution in [3.8, 4) is 5.75 Å². The molecule has 0 saturated carbocycles. The summed E-state index contributed by atoms with van der Waals surface area (Å²) in [5.74, 6) is 0.263. The van der Waals surface area contributed by atoms with E-state index in [1.165, 1.54) is 13.8 Å². The Morgan fingerprint density at radius 1 is 1.13 bits per heavy atom. The van der Waals surface area contributed by atoms with Crippen molar-refractivity contribution in [1.82, 2.24) is 0 Å². The number of ketones is 3. The quantitative estimate of drug-likeness (QED) is 0.510. The van der Waals surface area contributed by atoms with E-state index >= 15 is 0 Å². The molecule has 1 unspecified atom stereocenters. The molecule has 0 amide bonds. The molecule has 4 nitrogen and oxygen atoms in total. The van der Waals surface area contributed by atoms with Gasteiger partial charge in [-0.25, -0.2) is 0 Å². The highest BCUT2D eigenvalue weighted by molar-refractivity contribution is 6.09. The smallest absolute Gasteiger partial charge is 0.164 e. The number of ether oxygens (including phenoxy) is 1. The summed E-state index contributed by atoms with van der Waals surface area (Å²) in [7, 11) is 0. The van der Waals surface area contributed by atoms with Gasteiger partial charge in [0.1, 0.15) is 5.75 Å². The van der Waals surface area contributed by atoms with E-state index in [1.807, 2.05) is 6.92 Å². The lowest BCUT2D eigenvalue weighted by Gasteiger charge is -2.16. The van der Waals surface area contributed by atoms with Crippen LogP contribution in [-0.4, -0.2) is 24.0 Å². The van der Waals surface area contributed by atoms with Gasteiger partial charge < -0.3 is 4.74 Å². The Labute approximate surface area is 137 Å². The third-order valence-electron chi connectivity index (χ3n) is 3.62. The fraction of sp³-hybridized carbons (Fsp3) is 0.421. The predicted molar refractivity (Wildman–Crippen MR) is 90.2 cm³/mol. The van der Waals surface area contributed by atoms with Crippen LogP contribution >= 0.6 is 0 Å². The normalized spacial score (nSPS) is 11.7. The van der Waals surface area contributed by atoms with Crippen LogP contribution in [0.1, 0.15) is 61.3 Å². The third kappa shape index (κ3) is 5.47. The highest BCUT2D eigenvalue weighted by atomic mass is 16.5. The lowest BCUT2D eigenvalue weighted by Crippen LogP contribution is -2.14. The first-order valence-corrected chi connectivity index (χ1v) is 7.70. The van der Waals surface area contributed by atoms with E-state index in [9.17, 15) is 14.4 Å². The van der Waals surface area contributed by atoms with Crippen molar-refractivity contribution in [3.63, 3.8) is 0 Å². The maximum Gasteiger partial charge on any atom is 0.164 e. The van der Waals surface area contributed by atoms with Gasteiger partial charge in [-0.2, -0.15) is 0 Å². The van der Waals surface area contributed by atoms with Crippen molar-refractivity contribution in [1.29, 1.82) is 0 Å². The summed E-state index contributed by atoms with van der Waals surface area (Å²) in [6.45, 7) is 10.5. The molecule has 0 heterocycles. The number of allylic oxidation sites excluding steroid dienone is 1. The molecule has 0 aliphatic heterocycles. The number of hydrogen-bond donors (Lipinski definition) is 0. The molecule has 0 aliphatic carbocycles. The van der Waals surface area contributed by atoms with Crippen LogP contribution in [0.3, 0.4) is 0 Å². The van der Waals surface area contributed by atoms with Crippen LogP contribution in [0.2, 0.25) is 0 Å². The number of hydrogen-bond acceptors (Lipinski definition) is 4. The van der Waals surface area contributed by atoms with Crippen LogP contribution in [0.15, 0.2) is 30.4 Å². The summed E-state index contributed by atoms with van der Waals surface area (Å²) < 4.78 is 5.74. The maximum absolute atomic E-state index is 11.8. The van der Waals surface area contributed by atoms with Gasteiger partial charge in [0.05, 0.1) is 12.2 Å². The van der Waals surface area contributed by atoms with E-state index in [4.69, 9.17) is 4.74 Å². The van der Waals surface area contributed by atoms with E-state index in [2.05, 4.69) is 6.58 Å². The Morgan fingerprint density at radius 3 is 2.30 bits per heavy atom. The Hall–Kier alpha value is -2.23. The number of carbonyl (C=O) groups is 3. The second-order valence-corrected chi connectivity index (χ2v) is 5.95. The third-order valence-corrected chi connectivity index (χ3v) is 3.62. The molecule has 23 heavy (non-hydrogen) atoms. The van der Waals surface area contributed by atoms with Crippen LogP contribution < -0.4 is 4.74 Å². The molecule has 0 aliphatic rings. The van der Waals surface area contributed by atoms with E-state index in [0.29, 0.717) is 41.9 Å². The summed E-state index contributed by atoms with van der Waals surface area (Å²) in [6, 6.07) is 5.02. The molecule has 0 radical (unpaired) electrons. The maximum atomic E-state index is 11.8. The standard InChI is InChI=1S/C19H24O4/c1-12(2)17(22)10-9-13(3)11-23-18-8-6-7-16(14(4)20)19(18)15(5)21/h6-8,13H,1,9-11H2,2-5H3. The molecular weight excluding hydrogens is 292 g/mol. The molecule has 0 bridgehead atoms. The second kappa shape index (κ2) is 8.42. The van der Waals surface area contributed by atoms with Crippen LogP contribution in [0.25, 0.3) is 0 Å². The van der Waals surface area contributed by atoms with E-state index in [0.717, 1.165) is 0 Å². The average molecular weight is 316 g/mol. The van der Waals surface area contributed by atoms with Gasteiger partial charge in [0, 0.05) is 12.0 Å². The summed E-state index contributed by atoms with van der Waals surface area (Å²) >= 11 is 0. The Balaban J connectivity index is 2.76. The monoisotopic (exact) mass is 316 g/mol. The van der Waals surface area contributed by atoms with Crippen molar-refractivity contribution in [2.75, 3.05) is 6.61 Å². The molecule has 0 saturated heterocycles. The zero-order chi connectivity index (χ0) is 17.6. The Bertz CT molecular complexity index is 628. The van der Waals surface area contributed by atoms with Crippen LogP contribution in [0, 0.1) is 5.92 Å². The summed E-state index contributed by atoms with van der Waals surface area (Å²) in [6.07, 6.45) is 1.13. The molecule has 4 heteroatoms. The van der Waals surface area contributed by atoms with Crippen molar-refractivity contribution in [2.45, 2.75) is 40.5 Å². The molecule has 0 fully saturated rings. The first-order chi connectivity index (χ1) is 10.7. The molecule has 0 aromatic heterocycles. The summed E-state index contributed by atoms with van der Waals surface area (Å²) in [4.78, 5) is 35.1. The van der Waals surface area contributed by atoms with Gasteiger partial charge in [-0.15, -0.1) is 0 Å². The highest BCUT2D eigenvalue weighted by Gasteiger charge is 2.17. The van der Waals surface area contributed by atoms with Gasteiger partial charge in [-0.3, -0.25) is 14.4 Å². The first kappa shape index (κ1) is 18.8. The SMILES string of the molecule is C=C(C)C(=O)CCC(C)COc1cccc(C(C)=O)c1C(C)=O. The van der Waals surface area contributed by atoms with Crippen molar-refractivity contribution in [3.05, 3.63) is 41.5 Å². The molecule has 0 N–H and O–H groups in total. The Kier molecular flexibility index (Phi) is 6.89. The van der Waals surface area contributed by atoms with Crippen LogP contribution in [0.4, 0.5) is 0 Å². The fourth-order valence-electron chi connectivity index (χ4n) is 2.21. The van der Waals surface area contributed by atoms with E-state index in [1.54, 1.807) is 25.1 Å². The zero-order valence-electron chi connectivity index (χ0n) is 14.3. The number of Topliss-reactive ketones (excluding diaryl/α,β-unsaturated/α-hetero) is 3. The van der Waals surface area contributed by atoms with Crippen LogP contribution in [0.5, 0.6) is 5.75 Å². The lowest BCUT2D eigenvalue weighted by atomic mass is 10.00. The van der Waals surface area contributed by atoms with Gasteiger partial charge in [0.25, 0.3) is 0 Å². The van der Waals surface area contributed by atoms with Gasteiger partial charge in [-0.05, 0) is 44.7 Å². The molecule has 1 rings (SSSR count). The van der Waals surface area contributed by atoms with Crippen molar-refractivity contribution >= 4 is 17.3 Å². The number of benzene rings is 1. The molecular formula is C19H24O4. The average Bonchev–Trinajstić information content (AvgIpc) is 2.49. The second-order valence-electron chi connectivity index (χ2n) is 5.95. The van der Waals surface area contributed by atoms with Crippen molar-refractivity contribution < 1.29 is 19.1 Å². The molecule has 1 atom stereocenters. The minimum Gasteiger partial charge on any atom is -0.493 e. The molecule has 124 valence electrons. The highest BCUT2D eigenvalue weighted by Crippen LogP contribution is 2.24. The molecule has 1 aromatic rings. The van der Waals surface area contributed by atoms with Gasteiger partial charge in [-0.1, -0.05) is 25.6 Å².